The molecule has 1 fully saturated rings. The first-order valence-corrected chi connectivity index (χ1v) is 10.8. The fourth-order valence-electron chi connectivity index (χ4n) is 4.15. The molecule has 0 radical (unpaired) electrons. The maximum Gasteiger partial charge on any atom is 0.223 e. The van der Waals surface area contributed by atoms with Gasteiger partial charge >= 0.3 is 0 Å². The number of hydrogen-bond acceptors (Lipinski definition) is 4. The lowest BCUT2D eigenvalue weighted by atomic mass is 10.1. The van der Waals surface area contributed by atoms with Crippen molar-refractivity contribution in [1.29, 1.82) is 0 Å². The lowest BCUT2D eigenvalue weighted by molar-refractivity contribution is -0.127. The lowest BCUT2D eigenvalue weighted by Crippen LogP contribution is -2.25. The van der Waals surface area contributed by atoms with Gasteiger partial charge in [-0.3, -0.25) is 4.79 Å². The van der Waals surface area contributed by atoms with Crippen LogP contribution in [-0.2, 0) is 11.3 Å². The van der Waals surface area contributed by atoms with Crippen LogP contribution in [0.3, 0.4) is 0 Å². The fraction of sp³-hybridized carbons (Fsp3) is 0.360. The molecule has 0 N–H and O–H groups in total. The van der Waals surface area contributed by atoms with E-state index in [1.165, 1.54) is 0 Å². The summed E-state index contributed by atoms with van der Waals surface area (Å²) < 4.78 is 13.3. The van der Waals surface area contributed by atoms with Gasteiger partial charge in [0.1, 0.15) is 17.3 Å². The first-order valence-electron chi connectivity index (χ1n) is 10.8. The van der Waals surface area contributed by atoms with Gasteiger partial charge in [0.05, 0.1) is 24.8 Å². The molecule has 1 atom stereocenters. The van der Waals surface area contributed by atoms with Crippen LogP contribution in [0.25, 0.3) is 11.0 Å². The van der Waals surface area contributed by atoms with E-state index in [0.29, 0.717) is 26.1 Å². The molecule has 0 bridgehead atoms. The normalized spacial score (nSPS) is 16.1. The van der Waals surface area contributed by atoms with Crippen LogP contribution in [0.5, 0.6) is 11.5 Å². The smallest absolute Gasteiger partial charge is 0.223 e. The zero-order valence-corrected chi connectivity index (χ0v) is 18.0. The van der Waals surface area contributed by atoms with Crippen LogP contribution in [0.4, 0.5) is 0 Å². The number of imidazole rings is 1. The van der Waals surface area contributed by atoms with Crippen molar-refractivity contribution in [1.82, 2.24) is 14.5 Å². The second kappa shape index (κ2) is 9.69. The molecule has 6 nitrogen and oxygen atoms in total. The fourth-order valence-corrected chi connectivity index (χ4v) is 4.15. The van der Waals surface area contributed by atoms with Crippen LogP contribution in [0.1, 0.15) is 31.0 Å². The molecule has 1 aliphatic rings. The van der Waals surface area contributed by atoms with Crippen LogP contribution in [0, 0.1) is 0 Å². The number of hydrogen-bond donors (Lipinski definition) is 0. The average molecular weight is 420 g/mol. The summed E-state index contributed by atoms with van der Waals surface area (Å²) in [5.74, 6) is 2.98. The number of methoxy groups -OCH3 is 1. The highest BCUT2D eigenvalue weighted by Gasteiger charge is 2.33. The quantitative estimate of drug-likeness (QED) is 0.361. The molecule has 1 amide bonds. The summed E-state index contributed by atoms with van der Waals surface area (Å²) >= 11 is 0. The van der Waals surface area contributed by atoms with Gasteiger partial charge in [-0.1, -0.05) is 18.2 Å². The lowest BCUT2D eigenvalue weighted by Gasteiger charge is -2.15. The summed E-state index contributed by atoms with van der Waals surface area (Å²) in [7, 11) is 1.66. The topological polar surface area (TPSA) is 56.6 Å². The zero-order valence-electron chi connectivity index (χ0n) is 18.0. The third-order valence-corrected chi connectivity index (χ3v) is 5.72. The Morgan fingerprint density at radius 3 is 2.68 bits per heavy atom. The highest BCUT2D eigenvalue weighted by atomic mass is 16.5. The van der Waals surface area contributed by atoms with Crippen molar-refractivity contribution in [3.05, 3.63) is 67.0 Å². The number of carbonyl (C=O) groups is 1. The van der Waals surface area contributed by atoms with Crippen molar-refractivity contribution in [3.8, 4) is 11.5 Å². The number of aromatic nitrogens is 2. The minimum absolute atomic E-state index is 0.121. The van der Waals surface area contributed by atoms with Gasteiger partial charge in [0, 0.05) is 32.0 Å². The predicted molar refractivity (Wildman–Crippen MR) is 122 cm³/mol. The number of ether oxygens (including phenoxy) is 2. The highest BCUT2D eigenvalue weighted by Crippen LogP contribution is 2.30. The first-order chi connectivity index (χ1) is 15.2. The molecule has 0 aliphatic carbocycles. The number of likely N-dealkylation sites (tertiary alicyclic amines) is 1. The van der Waals surface area contributed by atoms with E-state index in [4.69, 9.17) is 14.5 Å². The molecule has 2 heterocycles. The summed E-state index contributed by atoms with van der Waals surface area (Å²) in [5, 5.41) is 0. The Balaban J connectivity index is 1.40. The molecule has 0 saturated carbocycles. The highest BCUT2D eigenvalue weighted by molar-refractivity contribution is 5.81. The largest absolute Gasteiger partial charge is 0.497 e. The maximum atomic E-state index is 12.4. The van der Waals surface area contributed by atoms with Gasteiger partial charge in [0.2, 0.25) is 5.91 Å². The molecule has 2 aromatic carbocycles. The molecule has 1 aromatic heterocycles. The van der Waals surface area contributed by atoms with Crippen molar-refractivity contribution in [2.24, 2.45) is 0 Å². The second-order valence-electron chi connectivity index (χ2n) is 7.83. The molecule has 1 saturated heterocycles. The van der Waals surface area contributed by atoms with E-state index in [2.05, 4.69) is 17.2 Å². The number of benzene rings is 2. The van der Waals surface area contributed by atoms with Gasteiger partial charge in [0.15, 0.2) is 0 Å². The van der Waals surface area contributed by atoms with E-state index in [9.17, 15) is 4.79 Å². The minimum atomic E-state index is 0.121. The van der Waals surface area contributed by atoms with Crippen molar-refractivity contribution >= 4 is 16.9 Å². The molecule has 1 aliphatic heterocycles. The number of unbranched alkanes of at least 4 members (excludes halogenated alkanes) is 1. The molecule has 0 unspecified atom stereocenters. The van der Waals surface area contributed by atoms with E-state index in [-0.39, 0.29) is 11.8 Å². The van der Waals surface area contributed by atoms with Crippen LogP contribution < -0.4 is 9.47 Å². The van der Waals surface area contributed by atoms with Gasteiger partial charge in [-0.2, -0.15) is 0 Å². The summed E-state index contributed by atoms with van der Waals surface area (Å²) in [6.07, 6.45) is 4.20. The van der Waals surface area contributed by atoms with Crippen LogP contribution >= 0.6 is 0 Å². The standard InChI is InChI=1S/C25H29N3O3/c1-3-14-27-18-19(17-24(27)29)25-26-22-8-4-5-9-23(22)28(25)15-6-7-16-31-21-12-10-20(30-2)11-13-21/h3-5,8-13,19H,1,6-7,14-18H2,2H3/t19-/m0/s1. The second-order valence-corrected chi connectivity index (χ2v) is 7.83. The average Bonchev–Trinajstić information content (AvgIpc) is 3.34. The van der Waals surface area contributed by atoms with Crippen LogP contribution in [0.15, 0.2) is 61.2 Å². The third-order valence-electron chi connectivity index (χ3n) is 5.72. The summed E-state index contributed by atoms with van der Waals surface area (Å²) in [6, 6.07) is 15.9. The zero-order chi connectivity index (χ0) is 21.6. The number of amides is 1. The van der Waals surface area contributed by atoms with Crippen LogP contribution in [-0.4, -0.2) is 47.2 Å². The van der Waals surface area contributed by atoms with Crippen LogP contribution in [0.2, 0.25) is 0 Å². The Morgan fingerprint density at radius 2 is 1.90 bits per heavy atom. The van der Waals surface area contributed by atoms with Crippen molar-refractivity contribution < 1.29 is 14.3 Å². The molecule has 0 spiro atoms. The molecule has 162 valence electrons. The number of carbonyl (C=O) groups excluding carboxylic acids is 1. The Bertz CT molecular complexity index is 1040. The van der Waals surface area contributed by atoms with Crippen molar-refractivity contribution in [3.63, 3.8) is 0 Å². The van der Waals surface area contributed by atoms with Gasteiger partial charge in [-0.15, -0.1) is 6.58 Å². The van der Waals surface area contributed by atoms with Gasteiger partial charge in [0.25, 0.3) is 0 Å². The van der Waals surface area contributed by atoms with Gasteiger partial charge in [-0.05, 0) is 49.2 Å². The SMILES string of the molecule is C=CCN1C[C@@H](c2nc3ccccc3n2CCCCOc2ccc(OC)cc2)CC1=O. The van der Waals surface area contributed by atoms with E-state index in [1.807, 2.05) is 47.4 Å². The molecule has 31 heavy (non-hydrogen) atoms. The van der Waals surface area contributed by atoms with E-state index in [1.54, 1.807) is 13.2 Å². The molecule has 4 rings (SSSR count). The van der Waals surface area contributed by atoms with Gasteiger partial charge < -0.3 is 18.9 Å². The number of rotatable bonds is 10. The molecular formula is C25H29N3O3. The molecular weight excluding hydrogens is 390 g/mol. The van der Waals surface area contributed by atoms with E-state index < -0.39 is 0 Å². The number of aryl methyl sites for hydroxylation is 1. The number of nitrogens with zero attached hydrogens (tertiary/aromatic N) is 3. The third kappa shape index (κ3) is 4.74. The summed E-state index contributed by atoms with van der Waals surface area (Å²) in [6.45, 7) is 6.57. The summed E-state index contributed by atoms with van der Waals surface area (Å²) in [5.41, 5.74) is 2.12. The Kier molecular flexibility index (Phi) is 6.55. The Morgan fingerprint density at radius 1 is 1.13 bits per heavy atom. The van der Waals surface area contributed by atoms with Crippen molar-refractivity contribution in [2.45, 2.75) is 31.7 Å². The summed E-state index contributed by atoms with van der Waals surface area (Å²) in [4.78, 5) is 19.1. The van der Waals surface area contributed by atoms with Crippen molar-refractivity contribution in [2.75, 3.05) is 26.8 Å². The number of fused-ring (bicyclic) bond motifs is 1. The molecule has 3 aromatic rings. The minimum Gasteiger partial charge on any atom is -0.497 e. The van der Waals surface area contributed by atoms with Gasteiger partial charge in [-0.25, -0.2) is 4.98 Å². The predicted octanol–water partition coefficient (Wildman–Crippen LogP) is 4.41. The molecule has 6 heteroatoms. The van der Waals surface area contributed by atoms with E-state index in [0.717, 1.165) is 47.7 Å². The Labute approximate surface area is 183 Å². The van der Waals surface area contributed by atoms with E-state index >= 15 is 0 Å². The Hall–Kier alpha value is -3.28. The number of para-hydroxylation sites is 2. The monoisotopic (exact) mass is 419 g/mol. The maximum absolute atomic E-state index is 12.4. The first kappa shape index (κ1) is 21.0.